The third kappa shape index (κ3) is 5.30. The van der Waals surface area contributed by atoms with Gasteiger partial charge in [-0.15, -0.1) is 0 Å². The Morgan fingerprint density at radius 1 is 1.37 bits per heavy atom. The summed E-state index contributed by atoms with van der Waals surface area (Å²) in [6.07, 6.45) is 0.0380. The molecule has 0 bridgehead atoms. The summed E-state index contributed by atoms with van der Waals surface area (Å²) >= 11 is 0. The van der Waals surface area contributed by atoms with E-state index >= 15 is 0 Å². The van der Waals surface area contributed by atoms with Gasteiger partial charge in [-0.1, -0.05) is 25.1 Å². The second-order valence-electron chi connectivity index (χ2n) is 5.55. The highest BCUT2D eigenvalue weighted by Gasteiger charge is 2.16. The SMILES string of the molecule is CCC(O)c1ccccc1OCC(=O)NC(C)(C)C. The molecule has 0 radical (unpaired) electrons. The van der Waals surface area contributed by atoms with Gasteiger partial charge in [0.2, 0.25) is 0 Å². The van der Waals surface area contributed by atoms with Crippen LogP contribution in [0.2, 0.25) is 0 Å². The van der Waals surface area contributed by atoms with E-state index in [4.69, 9.17) is 4.74 Å². The lowest BCUT2D eigenvalue weighted by molar-refractivity contribution is -0.124. The minimum absolute atomic E-state index is 0.0509. The van der Waals surface area contributed by atoms with Crippen molar-refractivity contribution in [3.05, 3.63) is 29.8 Å². The van der Waals surface area contributed by atoms with E-state index in [1.807, 2.05) is 45.9 Å². The molecule has 1 aromatic carbocycles. The van der Waals surface area contributed by atoms with E-state index in [1.54, 1.807) is 6.07 Å². The van der Waals surface area contributed by atoms with Crippen LogP contribution in [0.1, 0.15) is 45.8 Å². The number of hydrogen-bond acceptors (Lipinski definition) is 3. The molecule has 0 aromatic heterocycles. The van der Waals surface area contributed by atoms with Crippen LogP contribution in [0.3, 0.4) is 0 Å². The van der Waals surface area contributed by atoms with Gasteiger partial charge in [-0.25, -0.2) is 0 Å². The number of nitrogens with one attached hydrogen (secondary N) is 1. The first-order chi connectivity index (χ1) is 8.83. The molecule has 1 atom stereocenters. The second-order valence-corrected chi connectivity index (χ2v) is 5.55. The average molecular weight is 265 g/mol. The van der Waals surface area contributed by atoms with Crippen molar-refractivity contribution < 1.29 is 14.6 Å². The predicted molar refractivity (Wildman–Crippen MR) is 75.1 cm³/mol. The lowest BCUT2D eigenvalue weighted by atomic mass is 10.1. The largest absolute Gasteiger partial charge is 0.483 e. The Morgan fingerprint density at radius 3 is 2.58 bits per heavy atom. The molecule has 0 aliphatic heterocycles. The molecule has 2 N–H and O–H groups in total. The molecule has 0 aliphatic rings. The van der Waals surface area contributed by atoms with Crippen LogP contribution in [0.15, 0.2) is 24.3 Å². The van der Waals surface area contributed by atoms with Gasteiger partial charge >= 0.3 is 0 Å². The maximum Gasteiger partial charge on any atom is 0.258 e. The Labute approximate surface area is 114 Å². The lowest BCUT2D eigenvalue weighted by Crippen LogP contribution is -2.43. The summed E-state index contributed by atoms with van der Waals surface area (Å²) in [5.41, 5.74) is 0.441. The number of para-hydroxylation sites is 1. The molecule has 0 aliphatic carbocycles. The zero-order chi connectivity index (χ0) is 14.5. The van der Waals surface area contributed by atoms with Gasteiger partial charge in [0.05, 0.1) is 6.10 Å². The molecule has 106 valence electrons. The molecule has 19 heavy (non-hydrogen) atoms. The van der Waals surface area contributed by atoms with Gasteiger partial charge in [0.15, 0.2) is 6.61 Å². The van der Waals surface area contributed by atoms with Crippen LogP contribution in [-0.2, 0) is 4.79 Å². The number of benzene rings is 1. The van der Waals surface area contributed by atoms with Gasteiger partial charge in [0.25, 0.3) is 5.91 Å². The molecule has 0 heterocycles. The maximum absolute atomic E-state index is 11.7. The monoisotopic (exact) mass is 265 g/mol. The zero-order valence-corrected chi connectivity index (χ0v) is 12.1. The van der Waals surface area contributed by atoms with Crippen LogP contribution >= 0.6 is 0 Å². The van der Waals surface area contributed by atoms with E-state index in [1.165, 1.54) is 0 Å². The maximum atomic E-state index is 11.7. The molecular formula is C15H23NO3. The summed E-state index contributed by atoms with van der Waals surface area (Å²) in [5, 5.41) is 12.7. The van der Waals surface area contributed by atoms with Gasteiger partial charge in [0, 0.05) is 11.1 Å². The topological polar surface area (TPSA) is 58.6 Å². The molecule has 1 amide bonds. The molecular weight excluding hydrogens is 242 g/mol. The number of hydrogen-bond donors (Lipinski definition) is 2. The number of carbonyl (C=O) groups is 1. The normalized spacial score (nSPS) is 12.9. The third-order valence-corrected chi connectivity index (χ3v) is 2.54. The minimum Gasteiger partial charge on any atom is -0.483 e. The molecule has 1 unspecified atom stereocenters. The Balaban J connectivity index is 2.65. The standard InChI is InChI=1S/C15H23NO3/c1-5-12(17)11-8-6-7-9-13(11)19-10-14(18)16-15(2,3)4/h6-9,12,17H,5,10H2,1-4H3,(H,16,18). The Morgan fingerprint density at radius 2 is 2.00 bits per heavy atom. The van der Waals surface area contributed by atoms with E-state index in [2.05, 4.69) is 5.32 Å². The predicted octanol–water partition coefficient (Wildman–Crippen LogP) is 2.42. The molecule has 1 aromatic rings. The fourth-order valence-electron chi connectivity index (χ4n) is 1.70. The van der Waals surface area contributed by atoms with Crippen LogP contribution in [0.25, 0.3) is 0 Å². The summed E-state index contributed by atoms with van der Waals surface area (Å²) in [5.74, 6) is 0.384. The molecule has 4 nitrogen and oxygen atoms in total. The van der Waals surface area contributed by atoms with E-state index in [9.17, 15) is 9.90 Å². The van der Waals surface area contributed by atoms with Crippen molar-refractivity contribution in [1.29, 1.82) is 0 Å². The second kappa shape index (κ2) is 6.57. The molecule has 0 saturated heterocycles. The fourth-order valence-corrected chi connectivity index (χ4v) is 1.70. The first kappa shape index (κ1) is 15.5. The van der Waals surface area contributed by atoms with Crippen molar-refractivity contribution in [2.45, 2.75) is 45.8 Å². The van der Waals surface area contributed by atoms with Crippen molar-refractivity contribution in [1.82, 2.24) is 5.32 Å². The smallest absolute Gasteiger partial charge is 0.258 e. The van der Waals surface area contributed by atoms with Gasteiger partial charge in [-0.05, 0) is 33.3 Å². The van der Waals surface area contributed by atoms with Gasteiger partial charge < -0.3 is 15.2 Å². The van der Waals surface area contributed by atoms with Gasteiger partial charge in [-0.2, -0.15) is 0 Å². The fraction of sp³-hybridized carbons (Fsp3) is 0.533. The van der Waals surface area contributed by atoms with E-state index < -0.39 is 6.10 Å². The molecule has 4 heteroatoms. The number of ether oxygens (including phenoxy) is 1. The lowest BCUT2D eigenvalue weighted by Gasteiger charge is -2.21. The summed E-state index contributed by atoms with van der Waals surface area (Å²) in [6, 6.07) is 7.24. The van der Waals surface area contributed by atoms with E-state index in [0.29, 0.717) is 17.7 Å². The summed E-state index contributed by atoms with van der Waals surface area (Å²) in [4.78, 5) is 11.7. The van der Waals surface area contributed by atoms with Crippen molar-refractivity contribution in [2.75, 3.05) is 6.61 Å². The van der Waals surface area contributed by atoms with Gasteiger partial charge in [0.1, 0.15) is 5.75 Å². The number of carbonyl (C=O) groups excluding carboxylic acids is 1. The highest BCUT2D eigenvalue weighted by molar-refractivity contribution is 5.78. The van der Waals surface area contributed by atoms with Crippen LogP contribution in [0, 0.1) is 0 Å². The quantitative estimate of drug-likeness (QED) is 0.859. The summed E-state index contributed by atoms with van der Waals surface area (Å²) in [7, 11) is 0. The Bertz CT molecular complexity index is 424. The molecule has 1 rings (SSSR count). The number of amides is 1. The summed E-state index contributed by atoms with van der Waals surface area (Å²) in [6.45, 7) is 7.59. The Kier molecular flexibility index (Phi) is 5.36. The van der Waals surface area contributed by atoms with E-state index in [-0.39, 0.29) is 18.1 Å². The average Bonchev–Trinajstić information content (AvgIpc) is 2.33. The van der Waals surface area contributed by atoms with Crippen LogP contribution in [0.5, 0.6) is 5.75 Å². The van der Waals surface area contributed by atoms with Crippen LogP contribution < -0.4 is 10.1 Å². The van der Waals surface area contributed by atoms with Crippen molar-refractivity contribution in [3.63, 3.8) is 0 Å². The van der Waals surface area contributed by atoms with Crippen LogP contribution in [-0.4, -0.2) is 23.2 Å². The highest BCUT2D eigenvalue weighted by Crippen LogP contribution is 2.26. The number of aliphatic hydroxyl groups excluding tert-OH is 1. The van der Waals surface area contributed by atoms with Crippen molar-refractivity contribution in [3.8, 4) is 5.75 Å². The minimum atomic E-state index is -0.568. The van der Waals surface area contributed by atoms with E-state index in [0.717, 1.165) is 0 Å². The van der Waals surface area contributed by atoms with Crippen molar-refractivity contribution >= 4 is 5.91 Å². The third-order valence-electron chi connectivity index (χ3n) is 2.54. The Hall–Kier alpha value is -1.55. The number of aliphatic hydroxyl groups is 1. The van der Waals surface area contributed by atoms with Gasteiger partial charge in [-0.3, -0.25) is 4.79 Å². The highest BCUT2D eigenvalue weighted by atomic mass is 16.5. The zero-order valence-electron chi connectivity index (χ0n) is 12.1. The first-order valence-corrected chi connectivity index (χ1v) is 6.54. The van der Waals surface area contributed by atoms with Crippen molar-refractivity contribution in [2.24, 2.45) is 0 Å². The molecule has 0 spiro atoms. The molecule has 0 saturated carbocycles. The number of rotatable bonds is 5. The summed E-state index contributed by atoms with van der Waals surface area (Å²) < 4.78 is 5.50. The first-order valence-electron chi connectivity index (χ1n) is 6.54. The van der Waals surface area contributed by atoms with Crippen LogP contribution in [0.4, 0.5) is 0 Å². The molecule has 0 fully saturated rings.